The molecule has 0 spiro atoms. The molecule has 0 aliphatic heterocycles. The molecule has 0 heterocycles. The van der Waals surface area contributed by atoms with E-state index in [4.69, 9.17) is 0 Å². The highest BCUT2D eigenvalue weighted by molar-refractivity contribution is 9.10. The minimum absolute atomic E-state index is 0.0823. The smallest absolute Gasteiger partial charge is 0.233 e. The van der Waals surface area contributed by atoms with Gasteiger partial charge in [0.1, 0.15) is 0 Å². The molecule has 0 aromatic carbocycles. The molecule has 0 aromatic heterocycles. The van der Waals surface area contributed by atoms with Crippen molar-refractivity contribution in [3.63, 3.8) is 0 Å². The van der Waals surface area contributed by atoms with Gasteiger partial charge >= 0.3 is 0 Å². The fraction of sp³-hybridized carbons (Fsp3) is 0.900. The van der Waals surface area contributed by atoms with E-state index in [0.29, 0.717) is 6.04 Å². The van der Waals surface area contributed by atoms with Crippen molar-refractivity contribution in [3.05, 3.63) is 0 Å². The molecule has 0 aliphatic carbocycles. The monoisotopic (exact) mass is 249 g/mol. The van der Waals surface area contributed by atoms with Crippen LogP contribution in [0.1, 0.15) is 46.5 Å². The summed E-state index contributed by atoms with van der Waals surface area (Å²) >= 11 is 3.24. The lowest BCUT2D eigenvalue weighted by atomic mass is 10.1. The predicted molar refractivity (Wildman–Crippen MR) is 60.1 cm³/mol. The van der Waals surface area contributed by atoms with E-state index in [0.717, 1.165) is 6.42 Å². The normalized spacial score (nSPS) is 15.1. The first kappa shape index (κ1) is 12.9. The Hall–Kier alpha value is -0.0500. The number of halogens is 1. The average Bonchev–Trinajstić information content (AvgIpc) is 2.04. The van der Waals surface area contributed by atoms with E-state index >= 15 is 0 Å². The van der Waals surface area contributed by atoms with Crippen molar-refractivity contribution in [2.45, 2.75) is 57.3 Å². The Morgan fingerprint density at radius 1 is 1.38 bits per heavy atom. The summed E-state index contributed by atoms with van der Waals surface area (Å²) < 4.78 is 0. The van der Waals surface area contributed by atoms with Crippen molar-refractivity contribution in [1.82, 2.24) is 5.32 Å². The van der Waals surface area contributed by atoms with Crippen LogP contribution >= 0.6 is 15.9 Å². The first-order valence-electron chi connectivity index (χ1n) is 5.02. The number of nitrogens with one attached hydrogen (secondary N) is 1. The lowest BCUT2D eigenvalue weighted by Crippen LogP contribution is -2.36. The molecular weight excluding hydrogens is 230 g/mol. The van der Waals surface area contributed by atoms with Crippen molar-refractivity contribution >= 4 is 21.8 Å². The summed E-state index contributed by atoms with van der Waals surface area (Å²) in [6, 6.07) is 0.305. The Balaban J connectivity index is 3.50. The second-order valence-corrected chi connectivity index (χ2v) is 4.89. The average molecular weight is 250 g/mol. The molecule has 2 unspecified atom stereocenters. The molecule has 0 saturated carbocycles. The first-order chi connectivity index (χ1) is 6.07. The molecule has 2 atom stereocenters. The molecule has 0 rings (SSSR count). The molecule has 0 aromatic rings. The highest BCUT2D eigenvalue weighted by atomic mass is 79.9. The summed E-state index contributed by atoms with van der Waals surface area (Å²) in [6.45, 7) is 6.08. The van der Waals surface area contributed by atoms with Crippen molar-refractivity contribution in [2.75, 3.05) is 0 Å². The fourth-order valence-electron chi connectivity index (χ4n) is 1.13. The Kier molecular flexibility index (Phi) is 7.33. The Labute approximate surface area is 89.6 Å². The van der Waals surface area contributed by atoms with Crippen molar-refractivity contribution in [3.8, 4) is 0 Å². The van der Waals surface area contributed by atoms with Gasteiger partial charge in [0.15, 0.2) is 0 Å². The van der Waals surface area contributed by atoms with Crippen LogP contribution in [0.5, 0.6) is 0 Å². The maximum Gasteiger partial charge on any atom is 0.233 e. The van der Waals surface area contributed by atoms with Crippen LogP contribution in [-0.4, -0.2) is 16.8 Å². The number of hydrogen-bond donors (Lipinski definition) is 1. The zero-order valence-electron chi connectivity index (χ0n) is 8.77. The van der Waals surface area contributed by atoms with Crippen molar-refractivity contribution in [1.29, 1.82) is 0 Å². The minimum Gasteiger partial charge on any atom is -0.353 e. The van der Waals surface area contributed by atoms with Crippen LogP contribution in [0.25, 0.3) is 0 Å². The number of carbonyl (C=O) groups is 1. The number of rotatable bonds is 6. The number of amides is 1. The van der Waals surface area contributed by atoms with E-state index in [-0.39, 0.29) is 10.7 Å². The van der Waals surface area contributed by atoms with Crippen LogP contribution in [-0.2, 0) is 4.79 Å². The van der Waals surface area contributed by atoms with Gasteiger partial charge in [-0.1, -0.05) is 42.1 Å². The van der Waals surface area contributed by atoms with Gasteiger partial charge in [-0.05, 0) is 20.3 Å². The molecule has 2 nitrogen and oxygen atoms in total. The lowest BCUT2D eigenvalue weighted by Gasteiger charge is -2.14. The van der Waals surface area contributed by atoms with Crippen LogP contribution in [0.4, 0.5) is 0 Å². The number of carbonyl (C=O) groups excluding carboxylic acids is 1. The van der Waals surface area contributed by atoms with Crippen molar-refractivity contribution < 1.29 is 4.79 Å². The van der Waals surface area contributed by atoms with Gasteiger partial charge in [0.25, 0.3) is 0 Å². The van der Waals surface area contributed by atoms with E-state index in [1.54, 1.807) is 0 Å². The van der Waals surface area contributed by atoms with Gasteiger partial charge < -0.3 is 5.32 Å². The number of hydrogen-bond acceptors (Lipinski definition) is 1. The molecule has 1 N–H and O–H groups in total. The molecular formula is C10H20BrNO. The summed E-state index contributed by atoms with van der Waals surface area (Å²) in [5.74, 6) is 0.0870. The van der Waals surface area contributed by atoms with Gasteiger partial charge in [-0.25, -0.2) is 0 Å². The zero-order valence-corrected chi connectivity index (χ0v) is 10.4. The van der Waals surface area contributed by atoms with Crippen LogP contribution in [0.3, 0.4) is 0 Å². The van der Waals surface area contributed by atoms with E-state index in [1.165, 1.54) is 19.3 Å². The molecule has 0 radical (unpaired) electrons. The van der Waals surface area contributed by atoms with Crippen LogP contribution < -0.4 is 5.32 Å². The number of alkyl halides is 1. The van der Waals surface area contributed by atoms with E-state index in [9.17, 15) is 4.79 Å². The van der Waals surface area contributed by atoms with E-state index in [2.05, 4.69) is 35.1 Å². The molecule has 0 fully saturated rings. The van der Waals surface area contributed by atoms with Gasteiger partial charge in [-0.2, -0.15) is 0 Å². The Morgan fingerprint density at radius 2 is 2.00 bits per heavy atom. The van der Waals surface area contributed by atoms with Gasteiger partial charge in [-0.15, -0.1) is 0 Å². The summed E-state index contributed by atoms with van der Waals surface area (Å²) in [6.07, 6.45) is 4.77. The zero-order chi connectivity index (χ0) is 10.3. The maximum absolute atomic E-state index is 11.2. The summed E-state index contributed by atoms with van der Waals surface area (Å²) in [5.41, 5.74) is 0. The third-order valence-corrected chi connectivity index (χ3v) is 2.41. The molecule has 3 heteroatoms. The Morgan fingerprint density at radius 3 is 2.46 bits per heavy atom. The standard InChI is InChI=1S/C10H20BrNO/c1-4-5-6-7-8(2)12-10(13)9(3)11/h8-9H,4-7H2,1-3H3,(H,12,13). The first-order valence-corrected chi connectivity index (χ1v) is 5.94. The largest absolute Gasteiger partial charge is 0.353 e. The molecule has 0 aliphatic rings. The van der Waals surface area contributed by atoms with Crippen LogP contribution in [0.2, 0.25) is 0 Å². The van der Waals surface area contributed by atoms with Gasteiger partial charge in [-0.3, -0.25) is 4.79 Å². The SMILES string of the molecule is CCCCCC(C)NC(=O)C(C)Br. The van der Waals surface area contributed by atoms with E-state index < -0.39 is 0 Å². The molecule has 0 saturated heterocycles. The third-order valence-electron chi connectivity index (χ3n) is 1.99. The van der Waals surface area contributed by atoms with Gasteiger partial charge in [0.05, 0.1) is 4.83 Å². The highest BCUT2D eigenvalue weighted by Gasteiger charge is 2.10. The second kappa shape index (κ2) is 7.36. The summed E-state index contributed by atoms with van der Waals surface area (Å²) in [4.78, 5) is 11.1. The third kappa shape index (κ3) is 7.05. The molecule has 0 bridgehead atoms. The quantitative estimate of drug-likeness (QED) is 0.570. The van der Waals surface area contributed by atoms with Gasteiger partial charge in [0, 0.05) is 6.04 Å². The molecule has 13 heavy (non-hydrogen) atoms. The van der Waals surface area contributed by atoms with Crippen LogP contribution in [0.15, 0.2) is 0 Å². The lowest BCUT2D eigenvalue weighted by molar-refractivity contribution is -0.120. The molecule has 1 amide bonds. The second-order valence-electron chi connectivity index (χ2n) is 3.52. The highest BCUT2D eigenvalue weighted by Crippen LogP contribution is 2.04. The Bertz CT molecular complexity index is 148. The van der Waals surface area contributed by atoms with Crippen molar-refractivity contribution in [2.24, 2.45) is 0 Å². The van der Waals surface area contributed by atoms with E-state index in [1.807, 2.05) is 6.92 Å². The minimum atomic E-state index is -0.0823. The van der Waals surface area contributed by atoms with Crippen LogP contribution in [0, 0.1) is 0 Å². The maximum atomic E-state index is 11.2. The summed E-state index contributed by atoms with van der Waals surface area (Å²) in [5, 5.41) is 2.95. The molecule has 78 valence electrons. The topological polar surface area (TPSA) is 29.1 Å². The fourth-order valence-corrected chi connectivity index (χ4v) is 1.26. The summed E-state index contributed by atoms with van der Waals surface area (Å²) in [7, 11) is 0. The number of unbranched alkanes of at least 4 members (excludes halogenated alkanes) is 2. The predicted octanol–water partition coefficient (Wildman–Crippen LogP) is 2.85. The van der Waals surface area contributed by atoms with Gasteiger partial charge in [0.2, 0.25) is 5.91 Å².